The number of nitrogens with one attached hydrogen (secondary N) is 1. The lowest BCUT2D eigenvalue weighted by Crippen LogP contribution is -2.36. The summed E-state index contributed by atoms with van der Waals surface area (Å²) in [4.78, 5) is 12.5. The molecular weight excluding hydrogens is 282 g/mol. The van der Waals surface area contributed by atoms with Gasteiger partial charge in [0, 0.05) is 5.56 Å². The zero-order valence-electron chi connectivity index (χ0n) is 14.8. The molecule has 0 aliphatic heterocycles. The fourth-order valence-corrected chi connectivity index (χ4v) is 2.65. The molecule has 2 heteroatoms. The molecule has 0 saturated heterocycles. The summed E-state index contributed by atoms with van der Waals surface area (Å²) in [5.74, 6) is 0.532. The van der Waals surface area contributed by atoms with Crippen molar-refractivity contribution in [3.8, 4) is 0 Å². The Morgan fingerprint density at radius 2 is 1.91 bits per heavy atom. The van der Waals surface area contributed by atoms with Crippen LogP contribution in [0.4, 0.5) is 0 Å². The molecule has 1 amide bonds. The highest BCUT2D eigenvalue weighted by atomic mass is 16.1. The zero-order valence-corrected chi connectivity index (χ0v) is 14.8. The Kier molecular flexibility index (Phi) is 8.10. The summed E-state index contributed by atoms with van der Waals surface area (Å²) < 4.78 is 0. The molecule has 2 nitrogen and oxygen atoms in total. The van der Waals surface area contributed by atoms with Gasteiger partial charge in [-0.1, -0.05) is 63.8 Å². The van der Waals surface area contributed by atoms with Gasteiger partial charge >= 0.3 is 0 Å². The van der Waals surface area contributed by atoms with Crippen LogP contribution in [0.1, 0.15) is 50.9 Å². The van der Waals surface area contributed by atoms with E-state index in [1.807, 2.05) is 36.4 Å². The van der Waals surface area contributed by atoms with Crippen LogP contribution < -0.4 is 5.32 Å². The van der Waals surface area contributed by atoms with Crippen molar-refractivity contribution >= 4 is 5.91 Å². The van der Waals surface area contributed by atoms with Crippen LogP contribution in [0, 0.1) is 5.92 Å². The second kappa shape index (κ2) is 9.83. The van der Waals surface area contributed by atoms with Crippen LogP contribution >= 0.6 is 0 Å². The summed E-state index contributed by atoms with van der Waals surface area (Å²) in [6.07, 6.45) is 7.81. The van der Waals surface area contributed by atoms with Gasteiger partial charge < -0.3 is 5.32 Å². The maximum Gasteiger partial charge on any atom is 0.251 e. The van der Waals surface area contributed by atoms with Gasteiger partial charge in [-0.3, -0.25) is 4.79 Å². The van der Waals surface area contributed by atoms with E-state index in [1.54, 1.807) is 6.08 Å². The van der Waals surface area contributed by atoms with E-state index in [-0.39, 0.29) is 11.9 Å². The van der Waals surface area contributed by atoms with E-state index < -0.39 is 0 Å². The molecule has 0 spiro atoms. The number of amides is 1. The molecule has 0 bridgehead atoms. The first kappa shape index (κ1) is 19.0. The number of carbonyl (C=O) groups is 1. The average Bonchev–Trinajstić information content (AvgIpc) is 2.56. The number of rotatable bonds is 8. The third-order valence-corrected chi connectivity index (χ3v) is 3.77. The smallest absolute Gasteiger partial charge is 0.251 e. The first-order valence-corrected chi connectivity index (χ1v) is 8.37. The maximum atomic E-state index is 12.5. The third-order valence-electron chi connectivity index (χ3n) is 3.77. The fraction of sp³-hybridized carbons (Fsp3) is 0.381. The zero-order chi connectivity index (χ0) is 17.2. The van der Waals surface area contributed by atoms with Gasteiger partial charge in [0.2, 0.25) is 0 Å². The summed E-state index contributed by atoms with van der Waals surface area (Å²) in [6.45, 7) is 12.4. The van der Waals surface area contributed by atoms with Gasteiger partial charge in [-0.25, -0.2) is 0 Å². The monoisotopic (exact) mass is 311 g/mol. The van der Waals surface area contributed by atoms with Crippen LogP contribution in [-0.4, -0.2) is 11.9 Å². The Morgan fingerprint density at radius 3 is 2.39 bits per heavy atom. The first-order chi connectivity index (χ1) is 11.0. The molecule has 124 valence electrons. The Hall–Kier alpha value is -2.09. The predicted octanol–water partition coefficient (Wildman–Crippen LogP) is 5.30. The molecule has 0 saturated carbocycles. The Balaban J connectivity index is 3.01. The van der Waals surface area contributed by atoms with Crippen molar-refractivity contribution in [2.24, 2.45) is 5.92 Å². The van der Waals surface area contributed by atoms with E-state index in [0.717, 1.165) is 18.4 Å². The highest BCUT2D eigenvalue weighted by Gasteiger charge is 2.19. The van der Waals surface area contributed by atoms with Crippen molar-refractivity contribution < 1.29 is 4.79 Å². The molecule has 23 heavy (non-hydrogen) atoms. The van der Waals surface area contributed by atoms with Crippen LogP contribution in [0.3, 0.4) is 0 Å². The molecule has 0 aromatic heterocycles. The highest BCUT2D eigenvalue weighted by Crippen LogP contribution is 2.24. The predicted molar refractivity (Wildman–Crippen MR) is 99.5 cm³/mol. The summed E-state index contributed by atoms with van der Waals surface area (Å²) in [5, 5.41) is 3.16. The molecule has 0 heterocycles. The lowest BCUT2D eigenvalue weighted by molar-refractivity contribution is 0.0942. The minimum absolute atomic E-state index is 0.00865. The van der Waals surface area contributed by atoms with Crippen LogP contribution in [-0.2, 0) is 0 Å². The summed E-state index contributed by atoms with van der Waals surface area (Å²) >= 11 is 0. The highest BCUT2D eigenvalue weighted by molar-refractivity contribution is 5.94. The maximum absolute atomic E-state index is 12.5. The van der Waals surface area contributed by atoms with Crippen LogP contribution in [0.15, 0.2) is 66.3 Å². The van der Waals surface area contributed by atoms with E-state index in [1.165, 1.54) is 5.57 Å². The lowest BCUT2D eigenvalue weighted by atomic mass is 9.89. The number of hydrogen-bond acceptors (Lipinski definition) is 1. The van der Waals surface area contributed by atoms with Crippen molar-refractivity contribution in [1.82, 2.24) is 5.32 Å². The van der Waals surface area contributed by atoms with Crippen LogP contribution in [0.2, 0.25) is 0 Å². The van der Waals surface area contributed by atoms with Crippen molar-refractivity contribution in [2.45, 2.75) is 46.6 Å². The summed E-state index contributed by atoms with van der Waals surface area (Å²) in [5.41, 5.74) is 3.12. The molecule has 0 unspecified atom stereocenters. The quantitative estimate of drug-likeness (QED) is 0.648. The van der Waals surface area contributed by atoms with Gasteiger partial charge in [0.25, 0.3) is 5.91 Å². The Labute approximate surface area is 141 Å². The van der Waals surface area contributed by atoms with E-state index >= 15 is 0 Å². The van der Waals surface area contributed by atoms with Gasteiger partial charge in [-0.15, -0.1) is 0 Å². The molecule has 1 aromatic rings. The fourth-order valence-electron chi connectivity index (χ4n) is 2.65. The second-order valence-electron chi connectivity index (χ2n) is 6.07. The van der Waals surface area contributed by atoms with E-state index in [2.05, 4.69) is 45.7 Å². The number of allylic oxidation sites excluding steroid dienone is 3. The van der Waals surface area contributed by atoms with E-state index in [4.69, 9.17) is 0 Å². The molecule has 1 aromatic carbocycles. The average molecular weight is 311 g/mol. The molecule has 1 N–H and O–H groups in total. The molecular formula is C21H29NO. The van der Waals surface area contributed by atoms with Crippen LogP contribution in [0.25, 0.3) is 0 Å². The van der Waals surface area contributed by atoms with Crippen molar-refractivity contribution in [1.29, 1.82) is 0 Å². The minimum Gasteiger partial charge on any atom is -0.345 e. The van der Waals surface area contributed by atoms with E-state index in [9.17, 15) is 4.79 Å². The first-order valence-electron chi connectivity index (χ1n) is 8.37. The largest absolute Gasteiger partial charge is 0.345 e. The Morgan fingerprint density at radius 1 is 1.26 bits per heavy atom. The summed E-state index contributed by atoms with van der Waals surface area (Å²) in [6, 6.07) is 9.34. The van der Waals surface area contributed by atoms with Crippen molar-refractivity contribution in [3.05, 3.63) is 71.8 Å². The number of benzene rings is 1. The van der Waals surface area contributed by atoms with Gasteiger partial charge in [0.05, 0.1) is 6.04 Å². The standard InChI is InChI=1S/C21H29NO/c1-6-12-19(17(7-2)15-16(4)5)20(8-3)22-21(23)18-13-10-9-11-14-18/h6-7,9-14,16,20H,1,8,15H2,2-5H3,(H,22,23)/b17-7-,19-12+/t20-/m0/s1. The van der Waals surface area contributed by atoms with Gasteiger partial charge in [0.1, 0.15) is 0 Å². The molecule has 1 rings (SSSR count). The molecule has 0 radical (unpaired) electrons. The summed E-state index contributed by atoms with van der Waals surface area (Å²) in [7, 11) is 0. The third kappa shape index (κ3) is 5.90. The Bertz CT molecular complexity index is 567. The molecule has 1 atom stereocenters. The molecule has 0 aliphatic carbocycles. The van der Waals surface area contributed by atoms with Gasteiger partial charge in [-0.2, -0.15) is 0 Å². The minimum atomic E-state index is -0.0348. The van der Waals surface area contributed by atoms with E-state index in [0.29, 0.717) is 11.5 Å². The SMILES string of the molecule is C=C/C=C(\C(=C/C)CC(C)C)[C@H](CC)NC(=O)c1ccccc1. The molecule has 0 fully saturated rings. The topological polar surface area (TPSA) is 29.1 Å². The van der Waals surface area contributed by atoms with Gasteiger partial charge in [-0.05, 0) is 49.0 Å². The normalized spacial score (nSPS) is 13.8. The lowest BCUT2D eigenvalue weighted by Gasteiger charge is -2.24. The van der Waals surface area contributed by atoms with Crippen LogP contribution in [0.5, 0.6) is 0 Å². The second-order valence-corrected chi connectivity index (χ2v) is 6.07. The van der Waals surface area contributed by atoms with Gasteiger partial charge in [0.15, 0.2) is 0 Å². The number of carbonyl (C=O) groups excluding carboxylic acids is 1. The molecule has 0 aliphatic rings. The van der Waals surface area contributed by atoms with Crippen molar-refractivity contribution in [3.63, 3.8) is 0 Å². The number of hydrogen-bond donors (Lipinski definition) is 1. The van der Waals surface area contributed by atoms with Crippen molar-refractivity contribution in [2.75, 3.05) is 0 Å².